The van der Waals surface area contributed by atoms with Crippen LogP contribution in [0.1, 0.15) is 25.5 Å². The van der Waals surface area contributed by atoms with E-state index >= 15 is 0 Å². The van der Waals surface area contributed by atoms with E-state index in [1.165, 1.54) is 5.56 Å². The van der Waals surface area contributed by atoms with Crippen molar-refractivity contribution in [3.63, 3.8) is 0 Å². The Morgan fingerprint density at radius 2 is 2.00 bits per heavy atom. The van der Waals surface area contributed by atoms with Crippen LogP contribution in [0.3, 0.4) is 0 Å². The van der Waals surface area contributed by atoms with Crippen LogP contribution >= 0.6 is 0 Å². The van der Waals surface area contributed by atoms with Crippen LogP contribution in [0.4, 0.5) is 0 Å². The fraction of sp³-hybridized carbons (Fsp3) is 0.500. The Balaban J connectivity index is 2.18. The Labute approximate surface area is 85.3 Å². The zero-order valence-electron chi connectivity index (χ0n) is 8.73. The van der Waals surface area contributed by atoms with E-state index in [9.17, 15) is 0 Å². The van der Waals surface area contributed by atoms with Crippen LogP contribution in [0.2, 0.25) is 0 Å². The average molecular weight is 191 g/mol. The maximum Gasteiger partial charge on any atom is 0.0998 e. The van der Waals surface area contributed by atoms with Crippen molar-refractivity contribution in [2.24, 2.45) is 5.92 Å². The quantitative estimate of drug-likeness (QED) is 0.774. The predicted molar refractivity (Wildman–Crippen MR) is 56.9 cm³/mol. The van der Waals surface area contributed by atoms with Crippen molar-refractivity contribution in [2.75, 3.05) is 6.73 Å². The van der Waals surface area contributed by atoms with Gasteiger partial charge in [0.1, 0.15) is 0 Å². The average Bonchev–Trinajstić information content (AvgIpc) is 2.67. The molecule has 2 nitrogen and oxygen atoms in total. The molecule has 0 radical (unpaired) electrons. The Bertz CT molecular complexity index is 284. The number of benzene rings is 1. The summed E-state index contributed by atoms with van der Waals surface area (Å²) in [4.78, 5) is 0. The van der Waals surface area contributed by atoms with Crippen LogP contribution in [-0.2, 0) is 4.74 Å². The van der Waals surface area contributed by atoms with Gasteiger partial charge in [0, 0.05) is 6.04 Å². The Hall–Kier alpha value is -0.860. The first kappa shape index (κ1) is 9.69. The van der Waals surface area contributed by atoms with Crippen LogP contribution in [0, 0.1) is 5.92 Å². The molecule has 0 aliphatic carbocycles. The first-order valence-electron chi connectivity index (χ1n) is 5.19. The number of hydrogen-bond acceptors (Lipinski definition) is 2. The molecule has 1 N–H and O–H groups in total. The monoisotopic (exact) mass is 191 g/mol. The molecule has 1 aromatic rings. The van der Waals surface area contributed by atoms with Crippen LogP contribution in [0.15, 0.2) is 30.3 Å². The zero-order valence-corrected chi connectivity index (χ0v) is 8.73. The molecule has 2 rings (SSSR count). The van der Waals surface area contributed by atoms with Gasteiger partial charge in [-0.3, -0.25) is 5.32 Å². The molecule has 1 aromatic carbocycles. The third-order valence-electron chi connectivity index (χ3n) is 2.75. The van der Waals surface area contributed by atoms with Gasteiger partial charge in [-0.25, -0.2) is 0 Å². The van der Waals surface area contributed by atoms with E-state index in [1.807, 2.05) is 6.07 Å². The molecule has 0 aromatic heterocycles. The molecule has 14 heavy (non-hydrogen) atoms. The molecule has 1 saturated heterocycles. The lowest BCUT2D eigenvalue weighted by Crippen LogP contribution is -2.31. The van der Waals surface area contributed by atoms with Gasteiger partial charge in [0.05, 0.1) is 12.8 Å². The van der Waals surface area contributed by atoms with Crippen LogP contribution in [0.5, 0.6) is 0 Å². The third-order valence-corrected chi connectivity index (χ3v) is 2.75. The molecule has 2 heteroatoms. The fourth-order valence-corrected chi connectivity index (χ4v) is 1.98. The Morgan fingerprint density at radius 3 is 2.64 bits per heavy atom. The normalized spacial score (nSPS) is 27.1. The van der Waals surface area contributed by atoms with E-state index in [-0.39, 0.29) is 6.10 Å². The lowest BCUT2D eigenvalue weighted by molar-refractivity contribution is 0.0963. The van der Waals surface area contributed by atoms with Crippen molar-refractivity contribution in [3.8, 4) is 0 Å². The van der Waals surface area contributed by atoms with Crippen molar-refractivity contribution in [1.29, 1.82) is 0 Å². The highest BCUT2D eigenvalue weighted by Gasteiger charge is 2.30. The molecule has 0 saturated carbocycles. The standard InChI is InChI=1S/C12H17NO/c1-9(2)11-12(14-8-13-11)10-6-4-3-5-7-10/h3-7,9,11-13H,8H2,1-2H3/t11-,12+/m1/s1. The summed E-state index contributed by atoms with van der Waals surface area (Å²) in [6.45, 7) is 5.12. The number of rotatable bonds is 2. The van der Waals surface area contributed by atoms with Gasteiger partial charge in [-0.1, -0.05) is 44.2 Å². The molecule has 0 amide bonds. The summed E-state index contributed by atoms with van der Waals surface area (Å²) < 4.78 is 5.70. The minimum Gasteiger partial charge on any atom is -0.357 e. The molecule has 1 aliphatic heterocycles. The topological polar surface area (TPSA) is 21.3 Å². The van der Waals surface area contributed by atoms with Gasteiger partial charge in [0.15, 0.2) is 0 Å². The molecule has 1 fully saturated rings. The fourth-order valence-electron chi connectivity index (χ4n) is 1.98. The van der Waals surface area contributed by atoms with Crippen molar-refractivity contribution in [2.45, 2.75) is 26.0 Å². The maximum absolute atomic E-state index is 5.70. The minimum absolute atomic E-state index is 0.219. The highest BCUT2D eigenvalue weighted by molar-refractivity contribution is 5.20. The van der Waals surface area contributed by atoms with Crippen molar-refractivity contribution in [3.05, 3.63) is 35.9 Å². The largest absolute Gasteiger partial charge is 0.357 e. The molecule has 0 unspecified atom stereocenters. The second-order valence-electron chi connectivity index (χ2n) is 4.12. The molecule has 0 bridgehead atoms. The van der Waals surface area contributed by atoms with E-state index in [1.54, 1.807) is 0 Å². The molecular formula is C12H17NO. The first-order chi connectivity index (χ1) is 6.79. The van der Waals surface area contributed by atoms with Gasteiger partial charge in [-0.2, -0.15) is 0 Å². The summed E-state index contributed by atoms with van der Waals surface area (Å²) >= 11 is 0. The second kappa shape index (κ2) is 4.11. The number of ether oxygens (including phenoxy) is 1. The second-order valence-corrected chi connectivity index (χ2v) is 4.12. The highest BCUT2D eigenvalue weighted by atomic mass is 16.5. The van der Waals surface area contributed by atoms with Gasteiger partial charge in [-0.15, -0.1) is 0 Å². The molecule has 1 heterocycles. The van der Waals surface area contributed by atoms with Crippen molar-refractivity contribution in [1.82, 2.24) is 5.32 Å². The number of nitrogens with one attached hydrogen (secondary N) is 1. The molecule has 0 spiro atoms. The third kappa shape index (κ3) is 1.81. The van der Waals surface area contributed by atoms with Crippen LogP contribution in [-0.4, -0.2) is 12.8 Å². The van der Waals surface area contributed by atoms with Gasteiger partial charge >= 0.3 is 0 Å². The predicted octanol–water partition coefficient (Wildman–Crippen LogP) is 2.33. The van der Waals surface area contributed by atoms with E-state index in [0.717, 1.165) is 0 Å². The van der Waals surface area contributed by atoms with E-state index in [2.05, 4.69) is 43.4 Å². The van der Waals surface area contributed by atoms with E-state index in [0.29, 0.717) is 18.7 Å². The summed E-state index contributed by atoms with van der Waals surface area (Å²) in [5.74, 6) is 0.600. The highest BCUT2D eigenvalue weighted by Crippen LogP contribution is 2.28. The summed E-state index contributed by atoms with van der Waals surface area (Å²) in [5.41, 5.74) is 1.27. The van der Waals surface area contributed by atoms with Crippen molar-refractivity contribution < 1.29 is 4.74 Å². The summed E-state index contributed by atoms with van der Waals surface area (Å²) in [7, 11) is 0. The van der Waals surface area contributed by atoms with Crippen LogP contribution in [0.25, 0.3) is 0 Å². The lowest BCUT2D eigenvalue weighted by atomic mass is 9.94. The Kier molecular flexibility index (Phi) is 2.85. The molecular weight excluding hydrogens is 174 g/mol. The smallest absolute Gasteiger partial charge is 0.0998 e. The summed E-state index contributed by atoms with van der Waals surface area (Å²) in [6, 6.07) is 10.9. The van der Waals surface area contributed by atoms with Crippen LogP contribution < -0.4 is 5.32 Å². The lowest BCUT2D eigenvalue weighted by Gasteiger charge is -2.21. The van der Waals surface area contributed by atoms with Gasteiger partial charge in [0.2, 0.25) is 0 Å². The zero-order chi connectivity index (χ0) is 9.97. The van der Waals surface area contributed by atoms with E-state index < -0.39 is 0 Å². The van der Waals surface area contributed by atoms with Crippen molar-refractivity contribution >= 4 is 0 Å². The Morgan fingerprint density at radius 1 is 1.29 bits per heavy atom. The summed E-state index contributed by atoms with van der Waals surface area (Å²) in [5, 5.41) is 3.38. The first-order valence-corrected chi connectivity index (χ1v) is 5.19. The molecule has 76 valence electrons. The van der Waals surface area contributed by atoms with E-state index in [4.69, 9.17) is 4.74 Å². The van der Waals surface area contributed by atoms with Gasteiger partial charge < -0.3 is 4.74 Å². The van der Waals surface area contributed by atoms with Gasteiger partial charge in [-0.05, 0) is 11.5 Å². The summed E-state index contributed by atoms with van der Waals surface area (Å²) in [6.07, 6.45) is 0.219. The SMILES string of the molecule is CC(C)[C@H]1NCO[C@H]1c1ccccc1. The minimum atomic E-state index is 0.219. The van der Waals surface area contributed by atoms with Gasteiger partial charge in [0.25, 0.3) is 0 Å². The molecule has 2 atom stereocenters. The molecule has 1 aliphatic rings. The maximum atomic E-state index is 5.70. The number of hydrogen-bond donors (Lipinski definition) is 1.